The summed E-state index contributed by atoms with van der Waals surface area (Å²) < 4.78 is 14.7. The number of aryl methyl sites for hydroxylation is 1. The second-order valence-corrected chi connectivity index (χ2v) is 5.41. The largest absolute Gasteiger partial charge is 0.504 e. The Morgan fingerprint density at radius 3 is 2.71 bits per heavy atom. The van der Waals surface area contributed by atoms with E-state index in [-0.39, 0.29) is 23.8 Å². The average molecular weight is 325 g/mol. The maximum absolute atomic E-state index is 13.2. The van der Waals surface area contributed by atoms with Gasteiger partial charge in [-0.25, -0.2) is 9.07 Å². The van der Waals surface area contributed by atoms with Crippen molar-refractivity contribution in [2.75, 3.05) is 0 Å². The Morgan fingerprint density at radius 2 is 2.00 bits per heavy atom. The van der Waals surface area contributed by atoms with Crippen molar-refractivity contribution in [3.05, 3.63) is 77.4 Å². The van der Waals surface area contributed by atoms with Crippen LogP contribution in [0.1, 0.15) is 21.6 Å². The second-order valence-electron chi connectivity index (χ2n) is 5.41. The van der Waals surface area contributed by atoms with Crippen LogP contribution in [-0.4, -0.2) is 20.8 Å². The molecule has 0 saturated heterocycles. The van der Waals surface area contributed by atoms with E-state index in [9.17, 15) is 14.3 Å². The van der Waals surface area contributed by atoms with Gasteiger partial charge in [-0.3, -0.25) is 4.79 Å². The third-order valence-corrected chi connectivity index (χ3v) is 3.61. The van der Waals surface area contributed by atoms with Gasteiger partial charge >= 0.3 is 0 Å². The Labute approximate surface area is 138 Å². The summed E-state index contributed by atoms with van der Waals surface area (Å²) >= 11 is 0. The van der Waals surface area contributed by atoms with Crippen molar-refractivity contribution in [1.29, 1.82) is 0 Å². The number of halogens is 1. The minimum absolute atomic E-state index is 0.0577. The van der Waals surface area contributed by atoms with E-state index in [0.29, 0.717) is 5.56 Å². The van der Waals surface area contributed by atoms with E-state index in [1.165, 1.54) is 16.9 Å². The van der Waals surface area contributed by atoms with Gasteiger partial charge in [0.15, 0.2) is 11.4 Å². The van der Waals surface area contributed by atoms with Gasteiger partial charge in [-0.1, -0.05) is 30.3 Å². The third kappa shape index (κ3) is 3.27. The number of hydrogen-bond donors (Lipinski definition) is 2. The third-order valence-electron chi connectivity index (χ3n) is 3.61. The maximum Gasteiger partial charge on any atom is 0.275 e. The summed E-state index contributed by atoms with van der Waals surface area (Å²) in [5.74, 6) is -0.986. The number of aromatic hydroxyl groups is 1. The monoisotopic (exact) mass is 325 g/mol. The molecule has 0 aliphatic rings. The number of para-hydroxylation sites is 1. The first kappa shape index (κ1) is 15.7. The molecule has 2 aromatic carbocycles. The Bertz CT molecular complexity index is 875. The smallest absolute Gasteiger partial charge is 0.275 e. The Balaban J connectivity index is 1.73. The number of nitrogens with zero attached hydrogens (tertiary/aromatic N) is 2. The summed E-state index contributed by atoms with van der Waals surface area (Å²) in [7, 11) is 0. The van der Waals surface area contributed by atoms with Crippen LogP contribution in [0.4, 0.5) is 4.39 Å². The lowest BCUT2D eigenvalue weighted by Gasteiger charge is -2.05. The van der Waals surface area contributed by atoms with Crippen LogP contribution in [0.25, 0.3) is 5.69 Å². The van der Waals surface area contributed by atoms with Crippen molar-refractivity contribution in [2.45, 2.75) is 13.5 Å². The molecule has 0 fully saturated rings. The van der Waals surface area contributed by atoms with Crippen LogP contribution in [-0.2, 0) is 6.54 Å². The van der Waals surface area contributed by atoms with Crippen LogP contribution in [0.2, 0.25) is 0 Å². The van der Waals surface area contributed by atoms with E-state index in [1.807, 2.05) is 30.3 Å². The number of nitrogens with one attached hydrogen (secondary N) is 1. The van der Waals surface area contributed by atoms with E-state index in [0.717, 1.165) is 11.3 Å². The lowest BCUT2D eigenvalue weighted by molar-refractivity contribution is 0.0943. The molecule has 3 rings (SSSR count). The van der Waals surface area contributed by atoms with Crippen molar-refractivity contribution in [3.8, 4) is 11.4 Å². The summed E-state index contributed by atoms with van der Waals surface area (Å²) in [4.78, 5) is 12.2. The molecule has 0 saturated carbocycles. The van der Waals surface area contributed by atoms with Gasteiger partial charge in [0.1, 0.15) is 5.82 Å². The fourth-order valence-corrected chi connectivity index (χ4v) is 2.32. The number of benzene rings is 2. The van der Waals surface area contributed by atoms with Gasteiger partial charge in [0.2, 0.25) is 0 Å². The molecule has 24 heavy (non-hydrogen) atoms. The van der Waals surface area contributed by atoms with E-state index in [1.54, 1.807) is 19.1 Å². The SMILES string of the molecule is Cc1cc(CNC(=O)c2nn(-c3ccccc3)cc2O)ccc1F. The molecule has 0 spiro atoms. The highest BCUT2D eigenvalue weighted by atomic mass is 19.1. The summed E-state index contributed by atoms with van der Waals surface area (Å²) in [5.41, 5.74) is 1.96. The summed E-state index contributed by atoms with van der Waals surface area (Å²) in [5, 5.41) is 16.7. The number of amides is 1. The standard InChI is InChI=1S/C18H16FN3O2/c1-12-9-13(7-8-15(12)19)10-20-18(24)17-16(23)11-22(21-17)14-5-3-2-4-6-14/h2-9,11,23H,10H2,1H3,(H,20,24). The highest BCUT2D eigenvalue weighted by Crippen LogP contribution is 2.18. The molecule has 1 amide bonds. The van der Waals surface area contributed by atoms with E-state index < -0.39 is 5.91 Å². The molecule has 0 aliphatic heterocycles. The van der Waals surface area contributed by atoms with Gasteiger partial charge in [-0.15, -0.1) is 0 Å². The first-order valence-electron chi connectivity index (χ1n) is 7.42. The summed E-state index contributed by atoms with van der Waals surface area (Å²) in [6.45, 7) is 1.88. The molecule has 3 aromatic rings. The molecule has 5 nitrogen and oxygen atoms in total. The average Bonchev–Trinajstić information content (AvgIpc) is 2.98. The highest BCUT2D eigenvalue weighted by Gasteiger charge is 2.16. The van der Waals surface area contributed by atoms with Crippen molar-refractivity contribution < 1.29 is 14.3 Å². The lowest BCUT2D eigenvalue weighted by atomic mass is 10.1. The number of rotatable bonds is 4. The predicted octanol–water partition coefficient (Wildman–Crippen LogP) is 2.96. The van der Waals surface area contributed by atoms with Crippen LogP contribution >= 0.6 is 0 Å². The molecule has 0 unspecified atom stereocenters. The van der Waals surface area contributed by atoms with Gasteiger partial charge in [0, 0.05) is 6.54 Å². The zero-order valence-electron chi connectivity index (χ0n) is 13.0. The van der Waals surface area contributed by atoms with Crippen LogP contribution in [0.5, 0.6) is 5.75 Å². The van der Waals surface area contributed by atoms with Crippen LogP contribution in [0, 0.1) is 12.7 Å². The predicted molar refractivity (Wildman–Crippen MR) is 87.5 cm³/mol. The minimum atomic E-state index is -0.496. The zero-order valence-corrected chi connectivity index (χ0v) is 13.0. The number of aromatic nitrogens is 2. The van der Waals surface area contributed by atoms with Crippen LogP contribution in [0.3, 0.4) is 0 Å². The zero-order chi connectivity index (χ0) is 17.1. The highest BCUT2D eigenvalue weighted by molar-refractivity contribution is 5.94. The molecule has 0 atom stereocenters. The first-order chi connectivity index (χ1) is 11.5. The molecule has 0 aliphatic carbocycles. The van der Waals surface area contributed by atoms with Crippen molar-refractivity contribution in [1.82, 2.24) is 15.1 Å². The molecule has 0 radical (unpaired) electrons. The van der Waals surface area contributed by atoms with Gasteiger partial charge in [-0.05, 0) is 36.2 Å². The Morgan fingerprint density at radius 1 is 1.25 bits per heavy atom. The van der Waals surface area contributed by atoms with Crippen molar-refractivity contribution in [2.24, 2.45) is 0 Å². The molecule has 2 N–H and O–H groups in total. The van der Waals surface area contributed by atoms with Gasteiger partial charge in [-0.2, -0.15) is 5.10 Å². The van der Waals surface area contributed by atoms with Crippen LogP contribution in [0.15, 0.2) is 54.7 Å². The Hall–Kier alpha value is -3.15. The summed E-state index contributed by atoms with van der Waals surface area (Å²) in [6, 6.07) is 13.8. The molecule has 122 valence electrons. The molecule has 1 heterocycles. The van der Waals surface area contributed by atoms with Gasteiger partial charge in [0.25, 0.3) is 5.91 Å². The quantitative estimate of drug-likeness (QED) is 0.775. The second kappa shape index (κ2) is 6.54. The van der Waals surface area contributed by atoms with Crippen molar-refractivity contribution in [3.63, 3.8) is 0 Å². The van der Waals surface area contributed by atoms with Gasteiger partial charge in [0.05, 0.1) is 11.9 Å². The van der Waals surface area contributed by atoms with Crippen molar-refractivity contribution >= 4 is 5.91 Å². The lowest BCUT2D eigenvalue weighted by Crippen LogP contribution is -2.23. The molecule has 1 aromatic heterocycles. The summed E-state index contributed by atoms with van der Waals surface area (Å²) in [6.07, 6.45) is 1.38. The fraction of sp³-hybridized carbons (Fsp3) is 0.111. The Kier molecular flexibility index (Phi) is 4.29. The number of carbonyl (C=O) groups is 1. The number of carbonyl (C=O) groups excluding carboxylic acids is 1. The number of hydrogen-bond acceptors (Lipinski definition) is 3. The fourth-order valence-electron chi connectivity index (χ4n) is 2.32. The van der Waals surface area contributed by atoms with E-state index >= 15 is 0 Å². The van der Waals surface area contributed by atoms with E-state index in [4.69, 9.17) is 0 Å². The van der Waals surface area contributed by atoms with Crippen LogP contribution < -0.4 is 5.32 Å². The molecular formula is C18H16FN3O2. The van der Waals surface area contributed by atoms with Gasteiger partial charge < -0.3 is 10.4 Å². The maximum atomic E-state index is 13.2. The first-order valence-corrected chi connectivity index (χ1v) is 7.42. The molecular weight excluding hydrogens is 309 g/mol. The topological polar surface area (TPSA) is 67.2 Å². The van der Waals surface area contributed by atoms with E-state index in [2.05, 4.69) is 10.4 Å². The minimum Gasteiger partial charge on any atom is -0.504 e. The molecule has 0 bridgehead atoms. The normalized spacial score (nSPS) is 10.6. The molecule has 6 heteroatoms.